The standard InChI is InChI=1S/C15H25NO2/c1-12(2)15(13(17)18)8-10-16(11-15)9-6-7-14(3,4)5/h12H,8-11H2,1-5H3,(H,17,18). The predicted molar refractivity (Wildman–Crippen MR) is 73.2 cm³/mol. The van der Waals surface area contributed by atoms with E-state index in [9.17, 15) is 9.90 Å². The molecule has 102 valence electrons. The summed E-state index contributed by atoms with van der Waals surface area (Å²) in [5.74, 6) is 5.86. The van der Waals surface area contributed by atoms with Gasteiger partial charge in [-0.1, -0.05) is 25.7 Å². The van der Waals surface area contributed by atoms with Crippen molar-refractivity contribution in [3.8, 4) is 11.8 Å². The minimum Gasteiger partial charge on any atom is -0.481 e. The summed E-state index contributed by atoms with van der Waals surface area (Å²) in [7, 11) is 0. The summed E-state index contributed by atoms with van der Waals surface area (Å²) < 4.78 is 0. The molecule has 0 bridgehead atoms. The molecule has 1 rings (SSSR count). The second kappa shape index (κ2) is 5.32. The number of rotatable bonds is 3. The highest BCUT2D eigenvalue weighted by molar-refractivity contribution is 5.75. The van der Waals surface area contributed by atoms with Crippen LogP contribution in [0.3, 0.4) is 0 Å². The Kier molecular flexibility index (Phi) is 4.45. The van der Waals surface area contributed by atoms with Crippen molar-refractivity contribution in [3.05, 3.63) is 0 Å². The van der Waals surface area contributed by atoms with E-state index >= 15 is 0 Å². The fourth-order valence-electron chi connectivity index (χ4n) is 2.36. The number of carboxylic acids is 1. The molecule has 0 saturated carbocycles. The van der Waals surface area contributed by atoms with Gasteiger partial charge in [-0.15, -0.1) is 0 Å². The van der Waals surface area contributed by atoms with Crippen LogP contribution in [-0.4, -0.2) is 35.6 Å². The van der Waals surface area contributed by atoms with Crippen molar-refractivity contribution in [1.29, 1.82) is 0 Å². The highest BCUT2D eigenvalue weighted by atomic mass is 16.4. The Morgan fingerprint density at radius 1 is 1.44 bits per heavy atom. The Morgan fingerprint density at radius 2 is 2.06 bits per heavy atom. The first-order valence-electron chi connectivity index (χ1n) is 6.63. The molecule has 0 aliphatic carbocycles. The van der Waals surface area contributed by atoms with Crippen LogP contribution in [0.5, 0.6) is 0 Å². The van der Waals surface area contributed by atoms with Gasteiger partial charge in [-0.05, 0) is 33.1 Å². The number of carbonyl (C=O) groups is 1. The molecule has 3 heteroatoms. The molecule has 1 saturated heterocycles. The third kappa shape index (κ3) is 3.49. The first-order chi connectivity index (χ1) is 8.17. The second-order valence-corrected chi connectivity index (χ2v) is 6.63. The van der Waals surface area contributed by atoms with Gasteiger partial charge in [-0.25, -0.2) is 0 Å². The Hall–Kier alpha value is -1.01. The molecule has 0 amide bonds. The number of hydrogen-bond donors (Lipinski definition) is 1. The van der Waals surface area contributed by atoms with Gasteiger partial charge in [0.05, 0.1) is 12.0 Å². The van der Waals surface area contributed by atoms with Crippen molar-refractivity contribution in [2.45, 2.75) is 41.0 Å². The highest BCUT2D eigenvalue weighted by Crippen LogP contribution is 2.37. The van der Waals surface area contributed by atoms with E-state index in [1.807, 2.05) is 13.8 Å². The zero-order valence-electron chi connectivity index (χ0n) is 12.2. The van der Waals surface area contributed by atoms with Crippen LogP contribution in [0.2, 0.25) is 0 Å². The Morgan fingerprint density at radius 3 is 2.44 bits per heavy atom. The molecule has 1 N–H and O–H groups in total. The van der Waals surface area contributed by atoms with Gasteiger partial charge in [0.2, 0.25) is 0 Å². The molecule has 0 spiro atoms. The number of aliphatic carboxylic acids is 1. The summed E-state index contributed by atoms with van der Waals surface area (Å²) in [6, 6.07) is 0. The van der Waals surface area contributed by atoms with Gasteiger partial charge in [0.1, 0.15) is 0 Å². The average Bonchev–Trinajstić information content (AvgIpc) is 2.61. The van der Waals surface area contributed by atoms with E-state index in [0.29, 0.717) is 13.1 Å². The van der Waals surface area contributed by atoms with Gasteiger partial charge in [0.15, 0.2) is 0 Å². The SMILES string of the molecule is CC(C)C1(C(=O)O)CCN(CC#CC(C)(C)C)C1. The fraction of sp³-hybridized carbons (Fsp3) is 0.800. The molecule has 0 aromatic carbocycles. The molecule has 18 heavy (non-hydrogen) atoms. The first kappa shape index (κ1) is 15.0. The maximum absolute atomic E-state index is 11.5. The molecule has 0 radical (unpaired) electrons. The van der Waals surface area contributed by atoms with E-state index in [4.69, 9.17) is 0 Å². The van der Waals surface area contributed by atoms with E-state index in [1.54, 1.807) is 0 Å². The molecule has 1 aliphatic heterocycles. The van der Waals surface area contributed by atoms with E-state index in [-0.39, 0.29) is 11.3 Å². The van der Waals surface area contributed by atoms with Crippen LogP contribution < -0.4 is 0 Å². The van der Waals surface area contributed by atoms with Crippen molar-refractivity contribution >= 4 is 5.97 Å². The molecule has 0 aromatic heterocycles. The number of nitrogens with zero attached hydrogens (tertiary/aromatic N) is 1. The van der Waals surface area contributed by atoms with Crippen LogP contribution in [-0.2, 0) is 4.79 Å². The molecule has 1 unspecified atom stereocenters. The normalized spacial score (nSPS) is 25.0. The number of carboxylic acid groups (broad SMARTS) is 1. The van der Waals surface area contributed by atoms with Gasteiger partial charge in [-0.2, -0.15) is 0 Å². The monoisotopic (exact) mass is 251 g/mol. The summed E-state index contributed by atoms with van der Waals surface area (Å²) in [5.41, 5.74) is -0.564. The summed E-state index contributed by atoms with van der Waals surface area (Å²) >= 11 is 0. The third-order valence-electron chi connectivity index (χ3n) is 3.68. The predicted octanol–water partition coefficient (Wildman–Crippen LogP) is 2.47. The maximum atomic E-state index is 11.5. The van der Waals surface area contributed by atoms with Gasteiger partial charge >= 0.3 is 5.97 Å². The molecule has 1 aliphatic rings. The topological polar surface area (TPSA) is 40.5 Å². The molecule has 0 aromatic rings. The van der Waals surface area contributed by atoms with Gasteiger partial charge in [0.25, 0.3) is 0 Å². The second-order valence-electron chi connectivity index (χ2n) is 6.63. The van der Waals surface area contributed by atoms with Crippen molar-refractivity contribution in [2.75, 3.05) is 19.6 Å². The van der Waals surface area contributed by atoms with Crippen molar-refractivity contribution in [2.24, 2.45) is 16.7 Å². The fourth-order valence-corrected chi connectivity index (χ4v) is 2.36. The van der Waals surface area contributed by atoms with Crippen LogP contribution in [0.1, 0.15) is 41.0 Å². The lowest BCUT2D eigenvalue weighted by atomic mass is 9.76. The van der Waals surface area contributed by atoms with Crippen LogP contribution in [0, 0.1) is 28.6 Å². The Labute approximate surface area is 111 Å². The summed E-state index contributed by atoms with van der Waals surface area (Å²) in [6.45, 7) is 12.4. The number of hydrogen-bond acceptors (Lipinski definition) is 2. The van der Waals surface area contributed by atoms with Gasteiger partial charge in [-0.3, -0.25) is 9.69 Å². The maximum Gasteiger partial charge on any atom is 0.311 e. The van der Waals surface area contributed by atoms with Crippen LogP contribution in [0.25, 0.3) is 0 Å². The minimum atomic E-state index is -0.663. The Bertz CT molecular complexity index is 370. The molecular formula is C15H25NO2. The van der Waals surface area contributed by atoms with Crippen LogP contribution in [0.15, 0.2) is 0 Å². The van der Waals surface area contributed by atoms with Crippen molar-refractivity contribution < 1.29 is 9.90 Å². The molecule has 3 nitrogen and oxygen atoms in total. The molecule has 1 atom stereocenters. The molecule has 1 heterocycles. The van der Waals surface area contributed by atoms with E-state index in [2.05, 4.69) is 37.5 Å². The van der Waals surface area contributed by atoms with Crippen LogP contribution in [0.4, 0.5) is 0 Å². The smallest absolute Gasteiger partial charge is 0.311 e. The third-order valence-corrected chi connectivity index (χ3v) is 3.68. The summed E-state index contributed by atoms with van der Waals surface area (Å²) in [5, 5.41) is 9.44. The quantitative estimate of drug-likeness (QED) is 0.783. The van der Waals surface area contributed by atoms with Gasteiger partial charge in [0, 0.05) is 18.5 Å². The lowest BCUT2D eigenvalue weighted by Gasteiger charge is -2.28. The lowest BCUT2D eigenvalue weighted by molar-refractivity contribution is -0.150. The van der Waals surface area contributed by atoms with E-state index < -0.39 is 11.4 Å². The minimum absolute atomic E-state index is 0.0155. The highest BCUT2D eigenvalue weighted by Gasteiger charge is 2.46. The van der Waals surface area contributed by atoms with Crippen molar-refractivity contribution in [3.63, 3.8) is 0 Å². The van der Waals surface area contributed by atoms with Gasteiger partial charge < -0.3 is 5.11 Å². The summed E-state index contributed by atoms with van der Waals surface area (Å²) in [6.07, 6.45) is 0.733. The zero-order valence-corrected chi connectivity index (χ0v) is 12.2. The molecular weight excluding hydrogens is 226 g/mol. The summed E-state index contributed by atoms with van der Waals surface area (Å²) in [4.78, 5) is 13.6. The van der Waals surface area contributed by atoms with E-state index in [0.717, 1.165) is 13.0 Å². The average molecular weight is 251 g/mol. The zero-order chi connectivity index (χ0) is 14.0. The largest absolute Gasteiger partial charge is 0.481 e. The Balaban J connectivity index is 2.65. The molecule has 1 fully saturated rings. The number of likely N-dealkylation sites (tertiary alicyclic amines) is 1. The van der Waals surface area contributed by atoms with Crippen LogP contribution >= 0.6 is 0 Å². The first-order valence-corrected chi connectivity index (χ1v) is 6.63. The van der Waals surface area contributed by atoms with E-state index in [1.165, 1.54) is 0 Å². The lowest BCUT2D eigenvalue weighted by Crippen LogP contribution is -2.39. The van der Waals surface area contributed by atoms with Crippen molar-refractivity contribution in [1.82, 2.24) is 4.90 Å².